The summed E-state index contributed by atoms with van der Waals surface area (Å²) < 4.78 is 1.95. The van der Waals surface area contributed by atoms with E-state index in [4.69, 9.17) is 0 Å². The minimum atomic E-state index is 0.219. The zero-order valence-corrected chi connectivity index (χ0v) is 13.6. The van der Waals surface area contributed by atoms with Crippen molar-refractivity contribution in [3.05, 3.63) is 40.3 Å². The van der Waals surface area contributed by atoms with E-state index in [1.807, 2.05) is 28.3 Å². The summed E-state index contributed by atoms with van der Waals surface area (Å²) in [4.78, 5) is 17.7. The maximum Gasteiger partial charge on any atom is 0.226 e. The summed E-state index contributed by atoms with van der Waals surface area (Å²) in [6.07, 6.45) is 7.03. The lowest BCUT2D eigenvalue weighted by atomic mass is 10.2. The van der Waals surface area contributed by atoms with Gasteiger partial charge in [0.25, 0.3) is 0 Å². The van der Waals surface area contributed by atoms with Crippen molar-refractivity contribution in [3.63, 3.8) is 0 Å². The number of aryl methyl sites for hydroxylation is 1. The van der Waals surface area contributed by atoms with Crippen LogP contribution in [0.2, 0.25) is 0 Å². The van der Waals surface area contributed by atoms with Crippen LogP contribution in [0.5, 0.6) is 0 Å². The topological polar surface area (TPSA) is 38.1 Å². The lowest BCUT2D eigenvalue weighted by molar-refractivity contribution is -0.133. The molecular formula is C17H21N3OS. The first-order chi connectivity index (χ1) is 10.7. The molecule has 4 nitrogen and oxygen atoms in total. The van der Waals surface area contributed by atoms with Crippen molar-refractivity contribution in [3.8, 4) is 0 Å². The van der Waals surface area contributed by atoms with Gasteiger partial charge in [0.15, 0.2) is 0 Å². The summed E-state index contributed by atoms with van der Waals surface area (Å²) in [5.41, 5.74) is 0. The van der Waals surface area contributed by atoms with Crippen LogP contribution in [-0.2, 0) is 11.3 Å². The van der Waals surface area contributed by atoms with Crippen molar-refractivity contribution >= 4 is 17.2 Å². The van der Waals surface area contributed by atoms with Crippen LogP contribution in [0.1, 0.15) is 34.9 Å². The van der Waals surface area contributed by atoms with Crippen LogP contribution in [0.15, 0.2) is 30.6 Å². The number of hydrogen-bond acceptors (Lipinski definition) is 3. The first-order valence-corrected chi connectivity index (χ1v) is 8.88. The Hall–Kier alpha value is -1.62. The van der Waals surface area contributed by atoms with Gasteiger partial charge >= 0.3 is 0 Å². The molecule has 1 aliphatic heterocycles. The van der Waals surface area contributed by atoms with Gasteiger partial charge < -0.3 is 4.90 Å². The predicted octanol–water partition coefficient (Wildman–Crippen LogP) is 3.05. The Bertz CT molecular complexity index is 663. The Balaban J connectivity index is 1.42. The normalized spacial score (nSPS) is 27.3. The molecule has 22 heavy (non-hydrogen) atoms. The second kappa shape index (κ2) is 5.54. The molecule has 4 rings (SSSR count). The molecule has 1 saturated carbocycles. The van der Waals surface area contributed by atoms with Gasteiger partial charge in [-0.1, -0.05) is 0 Å². The van der Waals surface area contributed by atoms with E-state index >= 15 is 0 Å². The number of nitrogens with zero attached hydrogens (tertiary/aromatic N) is 3. The number of likely N-dealkylation sites (tertiary alicyclic amines) is 1. The van der Waals surface area contributed by atoms with Crippen LogP contribution < -0.4 is 0 Å². The maximum absolute atomic E-state index is 12.8. The zero-order valence-electron chi connectivity index (χ0n) is 12.8. The van der Waals surface area contributed by atoms with Crippen LogP contribution >= 0.6 is 11.3 Å². The molecule has 0 unspecified atom stereocenters. The number of carbonyl (C=O) groups is 1. The molecule has 1 aliphatic carbocycles. The van der Waals surface area contributed by atoms with Crippen molar-refractivity contribution in [2.75, 3.05) is 6.54 Å². The number of carbonyl (C=O) groups excluding carboxylic acids is 1. The van der Waals surface area contributed by atoms with Gasteiger partial charge in [0.2, 0.25) is 5.91 Å². The number of rotatable bonds is 4. The summed E-state index contributed by atoms with van der Waals surface area (Å²) in [7, 11) is 0. The zero-order chi connectivity index (χ0) is 15.1. The third-order valence-electron chi connectivity index (χ3n) is 4.85. The standard InChI is InChI=1S/C17H21N3OS/c1-12-5-6-16(22-12)14-10-15(14)17(21)20-9-2-4-13(20)11-19-8-3-7-18-19/h3,5-8,13-15H,2,4,9-11H2,1H3/t13-,14-,15-/m1/s1. The molecule has 5 heteroatoms. The maximum atomic E-state index is 12.8. The molecule has 116 valence electrons. The van der Waals surface area contributed by atoms with Gasteiger partial charge in [0.1, 0.15) is 0 Å². The molecule has 0 radical (unpaired) electrons. The molecule has 2 fully saturated rings. The number of thiophene rings is 1. The lowest BCUT2D eigenvalue weighted by Crippen LogP contribution is -2.39. The van der Waals surface area contributed by atoms with Gasteiger partial charge in [-0.3, -0.25) is 9.48 Å². The van der Waals surface area contributed by atoms with E-state index in [1.165, 1.54) is 9.75 Å². The molecule has 3 atom stereocenters. The van der Waals surface area contributed by atoms with Gasteiger partial charge in [-0.25, -0.2) is 0 Å². The van der Waals surface area contributed by atoms with Crippen molar-refractivity contribution in [1.82, 2.24) is 14.7 Å². The number of aromatic nitrogens is 2. The summed E-state index contributed by atoms with van der Waals surface area (Å²) in [5.74, 6) is 1.05. The van der Waals surface area contributed by atoms with Gasteiger partial charge in [0, 0.05) is 40.5 Å². The second-order valence-electron chi connectivity index (χ2n) is 6.45. The van der Waals surface area contributed by atoms with Gasteiger partial charge in [-0.05, 0) is 44.4 Å². The average Bonchev–Trinajstić information content (AvgIpc) is 2.91. The highest BCUT2D eigenvalue weighted by Crippen LogP contribution is 2.51. The minimum absolute atomic E-state index is 0.219. The predicted molar refractivity (Wildman–Crippen MR) is 86.9 cm³/mol. The molecule has 2 aromatic rings. The van der Waals surface area contributed by atoms with Crippen LogP contribution in [0.25, 0.3) is 0 Å². The first kappa shape index (κ1) is 14.0. The second-order valence-corrected chi connectivity index (χ2v) is 7.77. The fourth-order valence-corrected chi connectivity index (χ4v) is 4.64. The first-order valence-electron chi connectivity index (χ1n) is 8.06. The van der Waals surface area contributed by atoms with Crippen LogP contribution in [0, 0.1) is 12.8 Å². The molecule has 2 aliphatic rings. The fraction of sp³-hybridized carbons (Fsp3) is 0.529. The van der Waals surface area contributed by atoms with Crippen LogP contribution in [0.4, 0.5) is 0 Å². The van der Waals surface area contributed by atoms with Crippen molar-refractivity contribution in [2.45, 2.75) is 44.7 Å². The van der Waals surface area contributed by atoms with E-state index < -0.39 is 0 Å². The minimum Gasteiger partial charge on any atom is -0.338 e. The number of hydrogen-bond donors (Lipinski definition) is 0. The Labute approximate surface area is 134 Å². The van der Waals surface area contributed by atoms with Gasteiger partial charge in [-0.2, -0.15) is 5.10 Å². The highest BCUT2D eigenvalue weighted by Gasteiger charge is 2.48. The monoisotopic (exact) mass is 315 g/mol. The van der Waals surface area contributed by atoms with Crippen molar-refractivity contribution in [2.24, 2.45) is 5.92 Å². The molecule has 0 bridgehead atoms. The highest BCUT2D eigenvalue weighted by atomic mass is 32.1. The fourth-order valence-electron chi connectivity index (χ4n) is 3.59. The molecule has 2 aromatic heterocycles. The Morgan fingerprint density at radius 1 is 1.45 bits per heavy atom. The molecule has 0 aromatic carbocycles. The SMILES string of the molecule is Cc1ccc([C@@H]2C[C@H]2C(=O)N2CCC[C@@H]2Cn2cccn2)s1. The van der Waals surface area contributed by atoms with E-state index in [-0.39, 0.29) is 5.92 Å². The smallest absolute Gasteiger partial charge is 0.226 e. The van der Waals surface area contributed by atoms with Gasteiger partial charge in [0.05, 0.1) is 12.6 Å². The van der Waals surface area contributed by atoms with E-state index in [0.29, 0.717) is 17.9 Å². The molecule has 3 heterocycles. The highest BCUT2D eigenvalue weighted by molar-refractivity contribution is 7.12. The molecule has 0 N–H and O–H groups in total. The Morgan fingerprint density at radius 2 is 2.36 bits per heavy atom. The largest absolute Gasteiger partial charge is 0.338 e. The van der Waals surface area contributed by atoms with Gasteiger partial charge in [-0.15, -0.1) is 11.3 Å². The van der Waals surface area contributed by atoms with E-state index in [2.05, 4.69) is 29.1 Å². The quantitative estimate of drug-likeness (QED) is 0.870. The van der Waals surface area contributed by atoms with Crippen molar-refractivity contribution < 1.29 is 4.79 Å². The van der Waals surface area contributed by atoms with Crippen LogP contribution in [0.3, 0.4) is 0 Å². The van der Waals surface area contributed by atoms with E-state index in [1.54, 1.807) is 6.20 Å². The summed E-state index contributed by atoms with van der Waals surface area (Å²) >= 11 is 1.84. The lowest BCUT2D eigenvalue weighted by Gasteiger charge is -2.25. The van der Waals surface area contributed by atoms with E-state index in [0.717, 1.165) is 32.4 Å². The Kier molecular flexibility index (Phi) is 3.53. The van der Waals surface area contributed by atoms with E-state index in [9.17, 15) is 4.79 Å². The number of amides is 1. The third kappa shape index (κ3) is 2.58. The Morgan fingerprint density at radius 3 is 3.09 bits per heavy atom. The third-order valence-corrected chi connectivity index (χ3v) is 5.98. The van der Waals surface area contributed by atoms with Crippen LogP contribution in [-0.4, -0.2) is 33.2 Å². The molecule has 0 spiro atoms. The van der Waals surface area contributed by atoms with Crippen molar-refractivity contribution in [1.29, 1.82) is 0 Å². The average molecular weight is 315 g/mol. The summed E-state index contributed by atoms with van der Waals surface area (Å²) in [5, 5.41) is 4.28. The molecular weight excluding hydrogens is 294 g/mol. The summed E-state index contributed by atoms with van der Waals surface area (Å²) in [6, 6.07) is 6.62. The molecule has 1 saturated heterocycles. The summed E-state index contributed by atoms with van der Waals surface area (Å²) in [6.45, 7) is 3.87. The molecule has 1 amide bonds.